The third kappa shape index (κ3) is 3.39. The average molecular weight is 311 g/mol. The molecule has 108 valence electrons. The molecule has 0 aliphatic heterocycles. The SMILES string of the molecule is CCOC(=O)C1C(/C=C(\Cl)Sc2ccccc2)C1(C)C. The number of carbonyl (C=O) groups excluding carboxylic acids is 1. The van der Waals surface area contributed by atoms with Gasteiger partial charge in [-0.2, -0.15) is 0 Å². The van der Waals surface area contributed by atoms with E-state index in [1.54, 1.807) is 0 Å². The van der Waals surface area contributed by atoms with Crippen LogP contribution in [0.3, 0.4) is 0 Å². The lowest BCUT2D eigenvalue weighted by Crippen LogP contribution is -2.10. The first-order valence-corrected chi connectivity index (χ1v) is 7.93. The van der Waals surface area contributed by atoms with E-state index in [1.165, 1.54) is 11.8 Å². The Bertz CT molecular complexity index is 510. The van der Waals surface area contributed by atoms with Crippen molar-refractivity contribution in [2.75, 3.05) is 6.61 Å². The van der Waals surface area contributed by atoms with Crippen LogP contribution in [-0.2, 0) is 9.53 Å². The van der Waals surface area contributed by atoms with Gasteiger partial charge >= 0.3 is 5.97 Å². The molecule has 1 aromatic rings. The summed E-state index contributed by atoms with van der Waals surface area (Å²) in [6.45, 7) is 6.41. The topological polar surface area (TPSA) is 26.3 Å². The van der Waals surface area contributed by atoms with Crippen molar-refractivity contribution in [1.82, 2.24) is 0 Å². The number of hydrogen-bond donors (Lipinski definition) is 0. The van der Waals surface area contributed by atoms with Gasteiger partial charge in [0.05, 0.1) is 16.9 Å². The highest BCUT2D eigenvalue weighted by Crippen LogP contribution is 2.60. The second-order valence-corrected chi connectivity index (χ2v) is 7.21. The number of hydrogen-bond acceptors (Lipinski definition) is 3. The number of ether oxygens (including phenoxy) is 1. The van der Waals surface area contributed by atoms with E-state index in [0.717, 1.165) is 4.90 Å². The van der Waals surface area contributed by atoms with Crippen LogP contribution in [0.2, 0.25) is 0 Å². The molecule has 1 aliphatic carbocycles. The molecule has 1 fully saturated rings. The minimum absolute atomic E-state index is 0.0658. The van der Waals surface area contributed by atoms with Crippen molar-refractivity contribution in [2.24, 2.45) is 17.3 Å². The van der Waals surface area contributed by atoms with Crippen LogP contribution in [0, 0.1) is 17.3 Å². The fraction of sp³-hybridized carbons (Fsp3) is 0.438. The molecule has 0 spiro atoms. The van der Waals surface area contributed by atoms with Crippen molar-refractivity contribution in [1.29, 1.82) is 0 Å². The molecule has 0 N–H and O–H groups in total. The predicted molar refractivity (Wildman–Crippen MR) is 83.6 cm³/mol. The zero-order chi connectivity index (χ0) is 14.8. The molecule has 2 rings (SSSR count). The Morgan fingerprint density at radius 3 is 2.65 bits per heavy atom. The average Bonchev–Trinajstić information content (AvgIpc) is 2.92. The van der Waals surface area contributed by atoms with E-state index < -0.39 is 0 Å². The van der Waals surface area contributed by atoms with E-state index in [4.69, 9.17) is 16.3 Å². The van der Waals surface area contributed by atoms with Crippen LogP contribution in [0.5, 0.6) is 0 Å². The maximum absolute atomic E-state index is 11.9. The van der Waals surface area contributed by atoms with Gasteiger partial charge in [-0.3, -0.25) is 4.79 Å². The number of benzene rings is 1. The summed E-state index contributed by atoms with van der Waals surface area (Å²) in [5.41, 5.74) is -0.0658. The maximum Gasteiger partial charge on any atom is 0.310 e. The fourth-order valence-electron chi connectivity index (χ4n) is 2.45. The summed E-state index contributed by atoms with van der Waals surface area (Å²) < 4.78 is 5.82. The van der Waals surface area contributed by atoms with Crippen molar-refractivity contribution in [2.45, 2.75) is 25.7 Å². The van der Waals surface area contributed by atoms with E-state index in [0.29, 0.717) is 11.0 Å². The molecule has 0 heterocycles. The Morgan fingerprint density at radius 2 is 2.05 bits per heavy atom. The lowest BCUT2D eigenvalue weighted by Gasteiger charge is -2.01. The molecular formula is C16H19ClO2S. The first-order chi connectivity index (χ1) is 9.46. The maximum atomic E-state index is 11.9. The smallest absolute Gasteiger partial charge is 0.310 e. The molecule has 1 saturated carbocycles. The molecule has 1 aliphatic rings. The monoisotopic (exact) mass is 310 g/mol. The van der Waals surface area contributed by atoms with E-state index in [2.05, 4.69) is 13.8 Å². The lowest BCUT2D eigenvalue weighted by atomic mass is 10.1. The molecule has 1 aromatic carbocycles. The van der Waals surface area contributed by atoms with Crippen LogP contribution in [0.1, 0.15) is 20.8 Å². The Labute approximate surface area is 129 Å². The zero-order valence-electron chi connectivity index (χ0n) is 11.9. The van der Waals surface area contributed by atoms with Gasteiger partial charge < -0.3 is 4.74 Å². The molecule has 2 unspecified atom stereocenters. The minimum Gasteiger partial charge on any atom is -0.466 e. The van der Waals surface area contributed by atoms with Crippen molar-refractivity contribution in [3.05, 3.63) is 40.8 Å². The highest BCUT2D eigenvalue weighted by molar-refractivity contribution is 8.04. The quantitative estimate of drug-likeness (QED) is 0.583. The number of carbonyl (C=O) groups is 1. The molecule has 0 saturated heterocycles. The number of rotatable bonds is 5. The van der Waals surface area contributed by atoms with Crippen LogP contribution < -0.4 is 0 Å². The Morgan fingerprint density at radius 1 is 1.40 bits per heavy atom. The van der Waals surface area contributed by atoms with Crippen LogP contribution in [-0.4, -0.2) is 12.6 Å². The summed E-state index contributed by atoms with van der Waals surface area (Å²) in [7, 11) is 0. The van der Waals surface area contributed by atoms with Gasteiger partial charge in [-0.1, -0.05) is 61.5 Å². The van der Waals surface area contributed by atoms with Gasteiger partial charge in [0, 0.05) is 4.90 Å². The zero-order valence-corrected chi connectivity index (χ0v) is 13.5. The highest BCUT2D eigenvalue weighted by Gasteiger charge is 2.61. The lowest BCUT2D eigenvalue weighted by molar-refractivity contribution is -0.145. The van der Waals surface area contributed by atoms with Gasteiger partial charge in [-0.05, 0) is 30.4 Å². The van der Waals surface area contributed by atoms with Crippen molar-refractivity contribution < 1.29 is 9.53 Å². The summed E-state index contributed by atoms with van der Waals surface area (Å²) in [4.78, 5) is 13.0. The van der Waals surface area contributed by atoms with Crippen LogP contribution in [0.25, 0.3) is 0 Å². The standard InChI is InChI=1S/C16H19ClO2S/c1-4-19-15(18)14-12(16(14,2)3)10-13(17)20-11-8-6-5-7-9-11/h5-10,12,14H,4H2,1-3H3/b13-10+. The third-order valence-electron chi connectivity index (χ3n) is 3.72. The summed E-state index contributed by atoms with van der Waals surface area (Å²) in [5.74, 6) is -0.0363. The molecule has 2 nitrogen and oxygen atoms in total. The Hall–Kier alpha value is -0.930. The summed E-state index contributed by atoms with van der Waals surface area (Å²) in [5, 5.41) is 0. The van der Waals surface area contributed by atoms with E-state index in [-0.39, 0.29) is 23.2 Å². The number of esters is 1. The fourth-order valence-corrected chi connectivity index (χ4v) is 3.58. The molecule has 0 radical (unpaired) electrons. The van der Waals surface area contributed by atoms with Gasteiger partial charge in [0.1, 0.15) is 0 Å². The largest absolute Gasteiger partial charge is 0.466 e. The summed E-state index contributed by atoms with van der Waals surface area (Å²) >= 11 is 7.81. The van der Waals surface area contributed by atoms with Crippen LogP contribution in [0.15, 0.2) is 45.7 Å². The number of thioether (sulfide) groups is 1. The van der Waals surface area contributed by atoms with E-state index in [9.17, 15) is 4.79 Å². The Balaban J connectivity index is 2.02. The van der Waals surface area contributed by atoms with E-state index in [1.807, 2.05) is 43.3 Å². The summed E-state index contributed by atoms with van der Waals surface area (Å²) in [6.07, 6.45) is 1.99. The highest BCUT2D eigenvalue weighted by atomic mass is 35.5. The predicted octanol–water partition coefficient (Wildman–Crippen LogP) is 4.69. The second-order valence-electron chi connectivity index (χ2n) is 5.46. The molecule has 20 heavy (non-hydrogen) atoms. The van der Waals surface area contributed by atoms with Gasteiger partial charge in [0.2, 0.25) is 0 Å². The van der Waals surface area contributed by atoms with Crippen molar-refractivity contribution in [3.8, 4) is 0 Å². The number of halogens is 1. The number of allylic oxidation sites excluding steroid dienone is 1. The normalized spacial score (nSPS) is 24.3. The van der Waals surface area contributed by atoms with Gasteiger partial charge in [-0.25, -0.2) is 0 Å². The third-order valence-corrected chi connectivity index (χ3v) is 4.92. The van der Waals surface area contributed by atoms with Crippen molar-refractivity contribution in [3.63, 3.8) is 0 Å². The van der Waals surface area contributed by atoms with Gasteiger partial charge in [-0.15, -0.1) is 0 Å². The van der Waals surface area contributed by atoms with E-state index >= 15 is 0 Å². The van der Waals surface area contributed by atoms with Crippen molar-refractivity contribution >= 4 is 29.3 Å². The molecule has 0 bridgehead atoms. The molecule has 2 atom stereocenters. The van der Waals surface area contributed by atoms with Gasteiger partial charge in [0.25, 0.3) is 0 Å². The second kappa shape index (κ2) is 6.23. The minimum atomic E-state index is -0.118. The molecule has 0 amide bonds. The first-order valence-electron chi connectivity index (χ1n) is 6.73. The first kappa shape index (κ1) is 15.5. The van der Waals surface area contributed by atoms with Crippen LogP contribution in [0.4, 0.5) is 0 Å². The molecule has 4 heteroatoms. The van der Waals surface area contributed by atoms with Crippen LogP contribution >= 0.6 is 23.4 Å². The molecular weight excluding hydrogens is 292 g/mol. The molecule has 0 aromatic heterocycles. The van der Waals surface area contributed by atoms with Gasteiger partial charge in [0.15, 0.2) is 0 Å². The summed E-state index contributed by atoms with van der Waals surface area (Å²) in [6, 6.07) is 9.97. The Kier molecular flexibility index (Phi) is 4.82.